The van der Waals surface area contributed by atoms with E-state index in [0.717, 1.165) is 0 Å². The lowest BCUT2D eigenvalue weighted by atomic mass is 9.94. The molecule has 3 fully saturated rings. The quantitative estimate of drug-likeness (QED) is 0.144. The van der Waals surface area contributed by atoms with Gasteiger partial charge < -0.3 is 81.4 Å². The maximum atomic E-state index is 10.9. The molecular weight excluding hydrogens is 478 g/mol. The highest BCUT2D eigenvalue weighted by Crippen LogP contribution is 2.31. The van der Waals surface area contributed by atoms with Gasteiger partial charge in [0.15, 0.2) is 18.9 Å². The molecule has 206 valence electrons. The summed E-state index contributed by atoms with van der Waals surface area (Å²) in [6, 6.07) is -3.59. The number of ether oxygens (including phenoxy) is 6. The second-order valence-electron chi connectivity index (χ2n) is 8.81. The van der Waals surface area contributed by atoms with Crippen LogP contribution in [0.15, 0.2) is 0 Å². The van der Waals surface area contributed by atoms with Crippen molar-refractivity contribution >= 4 is 0 Å². The van der Waals surface area contributed by atoms with Crippen LogP contribution in [0.25, 0.3) is 0 Å². The van der Waals surface area contributed by atoms with Crippen LogP contribution in [-0.4, -0.2) is 155 Å². The number of hydrogen-bond donors (Lipinski definition) is 10. The Morgan fingerprint density at radius 2 is 0.943 bits per heavy atom. The number of aliphatic hydroxyl groups is 7. The van der Waals surface area contributed by atoms with Crippen LogP contribution in [0.1, 0.15) is 0 Å². The molecule has 13 N–H and O–H groups in total. The van der Waals surface area contributed by atoms with Gasteiger partial charge in [0, 0.05) is 7.11 Å². The highest BCUT2D eigenvalue weighted by Gasteiger charge is 2.52. The van der Waals surface area contributed by atoms with E-state index in [4.69, 9.17) is 45.6 Å². The van der Waals surface area contributed by atoms with Crippen LogP contribution in [0.3, 0.4) is 0 Å². The van der Waals surface area contributed by atoms with Gasteiger partial charge in [-0.3, -0.25) is 0 Å². The van der Waals surface area contributed by atoms with Gasteiger partial charge in [0.2, 0.25) is 0 Å². The summed E-state index contributed by atoms with van der Waals surface area (Å²) in [5.41, 5.74) is 17.9. The summed E-state index contributed by atoms with van der Waals surface area (Å²) >= 11 is 0. The van der Waals surface area contributed by atoms with Gasteiger partial charge in [-0.05, 0) is 0 Å². The molecule has 35 heavy (non-hydrogen) atoms. The molecule has 3 heterocycles. The van der Waals surface area contributed by atoms with E-state index in [-0.39, 0.29) is 0 Å². The van der Waals surface area contributed by atoms with E-state index in [1.165, 1.54) is 7.11 Å². The van der Waals surface area contributed by atoms with Gasteiger partial charge in [-0.25, -0.2) is 0 Å². The van der Waals surface area contributed by atoms with Crippen molar-refractivity contribution < 1.29 is 64.2 Å². The van der Waals surface area contributed by atoms with E-state index in [2.05, 4.69) is 0 Å². The van der Waals surface area contributed by atoms with E-state index >= 15 is 0 Å². The van der Waals surface area contributed by atoms with Gasteiger partial charge in [0.25, 0.3) is 0 Å². The van der Waals surface area contributed by atoms with E-state index < -0.39 is 112 Å². The standard InChI is InChI=1S/C19H37N3O13/c1-30-17-9(21)13(28)15(6(3-24)32-17)35-19-10(22)14(29)16(7(4-25)33-19)34-18-8(20)12(27)11(26)5(2-23)31-18/h5-19,23-29H,2-4,20-22H2,1H3/t5?,6?,7?,8-,9-,10+,11+,12?,13?,14-,15+,16?,17+,18-,19?/m1/s1. The molecule has 0 aliphatic carbocycles. The Balaban J connectivity index is 1.72. The maximum absolute atomic E-state index is 10.9. The lowest BCUT2D eigenvalue weighted by Crippen LogP contribution is -2.69. The molecular formula is C19H37N3O13. The number of hydrogen-bond acceptors (Lipinski definition) is 16. The number of rotatable bonds is 8. The van der Waals surface area contributed by atoms with Gasteiger partial charge in [0.05, 0.1) is 37.9 Å². The van der Waals surface area contributed by atoms with Crippen molar-refractivity contribution in [3.05, 3.63) is 0 Å². The zero-order valence-electron chi connectivity index (χ0n) is 19.1. The number of methoxy groups -OCH3 is 1. The fourth-order valence-electron chi connectivity index (χ4n) is 4.38. The molecule has 0 aromatic heterocycles. The predicted molar refractivity (Wildman–Crippen MR) is 112 cm³/mol. The Hall–Kier alpha value is -0.640. The molecule has 16 heteroatoms. The molecule has 0 radical (unpaired) electrons. The molecule has 3 rings (SSSR count). The third kappa shape index (κ3) is 5.78. The molecule has 3 saturated heterocycles. The molecule has 15 atom stereocenters. The minimum atomic E-state index is -1.53. The average Bonchev–Trinajstić information content (AvgIpc) is 2.86. The topological polar surface area (TPSA) is 275 Å². The fraction of sp³-hybridized carbons (Fsp3) is 1.00. The van der Waals surface area contributed by atoms with E-state index in [1.54, 1.807) is 0 Å². The smallest absolute Gasteiger partial charge is 0.176 e. The third-order valence-corrected chi connectivity index (χ3v) is 6.54. The number of aliphatic hydroxyl groups excluding tert-OH is 7. The van der Waals surface area contributed by atoms with Crippen LogP contribution in [0, 0.1) is 0 Å². The van der Waals surface area contributed by atoms with Crippen LogP contribution in [0.5, 0.6) is 0 Å². The van der Waals surface area contributed by atoms with Gasteiger partial charge >= 0.3 is 0 Å². The van der Waals surface area contributed by atoms with Crippen molar-refractivity contribution in [2.24, 2.45) is 17.2 Å². The largest absolute Gasteiger partial charge is 0.394 e. The van der Waals surface area contributed by atoms with Crippen LogP contribution in [-0.2, 0) is 28.4 Å². The van der Waals surface area contributed by atoms with Crippen LogP contribution in [0.2, 0.25) is 0 Å². The highest BCUT2D eigenvalue weighted by molar-refractivity contribution is 4.98. The second-order valence-corrected chi connectivity index (χ2v) is 8.81. The molecule has 0 aromatic rings. The van der Waals surface area contributed by atoms with Crippen molar-refractivity contribution in [1.82, 2.24) is 0 Å². The summed E-state index contributed by atoms with van der Waals surface area (Å²) < 4.78 is 33.1. The molecule has 0 spiro atoms. The van der Waals surface area contributed by atoms with Gasteiger partial charge in [0.1, 0.15) is 54.9 Å². The lowest BCUT2D eigenvalue weighted by Gasteiger charge is -2.48. The van der Waals surface area contributed by atoms with Gasteiger partial charge in [-0.1, -0.05) is 0 Å². The van der Waals surface area contributed by atoms with Crippen LogP contribution < -0.4 is 17.2 Å². The lowest BCUT2D eigenvalue weighted by molar-refractivity contribution is -0.349. The van der Waals surface area contributed by atoms with Crippen LogP contribution in [0.4, 0.5) is 0 Å². The first-order chi connectivity index (χ1) is 16.6. The molecule has 3 aliphatic heterocycles. The summed E-state index contributed by atoms with van der Waals surface area (Å²) in [7, 11) is 1.32. The van der Waals surface area contributed by atoms with E-state index in [0.29, 0.717) is 0 Å². The minimum Gasteiger partial charge on any atom is -0.394 e. The van der Waals surface area contributed by atoms with Gasteiger partial charge in [-0.15, -0.1) is 0 Å². The minimum absolute atomic E-state index is 0.564. The molecule has 0 saturated carbocycles. The Kier molecular flexibility index (Phi) is 10.1. The normalized spacial score (nSPS) is 51.3. The molecule has 16 nitrogen and oxygen atoms in total. The van der Waals surface area contributed by atoms with Crippen molar-refractivity contribution in [2.75, 3.05) is 26.9 Å². The first-order valence-electron chi connectivity index (χ1n) is 11.2. The Morgan fingerprint density at radius 1 is 0.571 bits per heavy atom. The Bertz CT molecular complexity index is 661. The van der Waals surface area contributed by atoms with Crippen molar-refractivity contribution in [3.8, 4) is 0 Å². The summed E-state index contributed by atoms with van der Waals surface area (Å²) in [6.07, 6.45) is -15.7. The predicted octanol–water partition coefficient (Wildman–Crippen LogP) is -7.02. The van der Waals surface area contributed by atoms with E-state index in [1.807, 2.05) is 0 Å². The monoisotopic (exact) mass is 515 g/mol. The summed E-state index contributed by atoms with van der Waals surface area (Å²) in [4.78, 5) is 0. The first kappa shape index (κ1) is 28.9. The summed E-state index contributed by atoms with van der Waals surface area (Å²) in [5, 5.41) is 70.4. The fourth-order valence-corrected chi connectivity index (χ4v) is 4.38. The highest BCUT2D eigenvalue weighted by atomic mass is 16.7. The molecule has 0 aromatic carbocycles. The Morgan fingerprint density at radius 3 is 1.37 bits per heavy atom. The van der Waals surface area contributed by atoms with Crippen molar-refractivity contribution in [1.29, 1.82) is 0 Å². The second kappa shape index (κ2) is 12.3. The molecule has 0 amide bonds. The number of nitrogens with two attached hydrogens (primary N) is 3. The summed E-state index contributed by atoms with van der Waals surface area (Å²) in [6.45, 7) is -1.88. The molecule has 0 bridgehead atoms. The van der Waals surface area contributed by atoms with Gasteiger partial charge in [-0.2, -0.15) is 0 Å². The SMILES string of the molecule is CO[C@H]1OC(CO)[C@H](OC2OC(CO)C(O[C@H]3OC(CO)[C@H](O)C(O)[C@H]3N)[C@H](O)[C@@H]2N)C(O)[C@H]1N. The zero-order chi connectivity index (χ0) is 26.0. The molecule has 7 unspecified atom stereocenters. The third-order valence-electron chi connectivity index (χ3n) is 6.54. The Labute approximate surface area is 201 Å². The first-order valence-corrected chi connectivity index (χ1v) is 11.2. The van der Waals surface area contributed by atoms with Crippen molar-refractivity contribution in [3.63, 3.8) is 0 Å². The van der Waals surface area contributed by atoms with Crippen molar-refractivity contribution in [2.45, 2.75) is 91.9 Å². The zero-order valence-corrected chi connectivity index (χ0v) is 19.1. The maximum Gasteiger partial charge on any atom is 0.176 e. The summed E-state index contributed by atoms with van der Waals surface area (Å²) in [5.74, 6) is 0. The van der Waals surface area contributed by atoms with E-state index in [9.17, 15) is 35.7 Å². The average molecular weight is 516 g/mol. The molecule has 3 aliphatic rings. The van der Waals surface area contributed by atoms with Crippen LogP contribution >= 0.6 is 0 Å².